The third-order valence-electron chi connectivity index (χ3n) is 6.72. The monoisotopic (exact) mass is 429 g/mol. The van der Waals surface area contributed by atoms with Crippen LogP contribution in [0.15, 0.2) is 48.5 Å². The second-order valence-corrected chi connectivity index (χ2v) is 8.48. The van der Waals surface area contributed by atoms with Gasteiger partial charge in [0.25, 0.3) is 0 Å². The van der Waals surface area contributed by atoms with Crippen LogP contribution in [-0.2, 0) is 6.42 Å². The lowest BCUT2D eigenvalue weighted by molar-refractivity contribution is 0.104. The fraction of sp³-hybridized carbons (Fsp3) is 0.520. The fourth-order valence-electron chi connectivity index (χ4n) is 4.83. The number of methoxy groups -OCH3 is 1. The molecule has 2 fully saturated rings. The van der Waals surface area contributed by atoms with Gasteiger partial charge in [0.05, 0.1) is 7.11 Å². The van der Waals surface area contributed by atoms with Crippen molar-refractivity contribution in [1.82, 2.24) is 9.80 Å². The minimum Gasteiger partial charge on any atom is -0.497 e. The first-order chi connectivity index (χ1) is 14.2. The average Bonchev–Trinajstić information content (AvgIpc) is 2.79. The number of aryl methyl sites for hydroxylation is 1. The minimum atomic E-state index is 0. The number of hydrogen-bond donors (Lipinski definition) is 0. The molecule has 0 bridgehead atoms. The summed E-state index contributed by atoms with van der Waals surface area (Å²) in [6.07, 6.45) is 3.75. The maximum Gasteiger partial charge on any atom is 0.118 e. The average molecular weight is 430 g/mol. The number of piperazine rings is 1. The van der Waals surface area contributed by atoms with Crippen LogP contribution in [-0.4, -0.2) is 68.8 Å². The maximum absolute atomic E-state index is 5.25. The third kappa shape index (κ3) is 5.69. The molecule has 4 nitrogen and oxygen atoms in total. The molecule has 2 aliphatic heterocycles. The number of para-hydroxylation sites is 1. The molecule has 2 heterocycles. The Labute approximate surface area is 188 Å². The topological polar surface area (TPSA) is 19.0 Å². The van der Waals surface area contributed by atoms with Crippen molar-refractivity contribution in [1.29, 1.82) is 0 Å². The molecule has 2 saturated heterocycles. The van der Waals surface area contributed by atoms with Gasteiger partial charge in [0, 0.05) is 44.5 Å². The Hall–Kier alpha value is -1.75. The highest BCUT2D eigenvalue weighted by atomic mass is 35.5. The van der Waals surface area contributed by atoms with Gasteiger partial charge in [-0.05, 0) is 68.6 Å². The summed E-state index contributed by atoms with van der Waals surface area (Å²) < 4.78 is 5.25. The zero-order valence-electron chi connectivity index (χ0n) is 18.4. The molecule has 2 aromatic carbocycles. The van der Waals surface area contributed by atoms with Gasteiger partial charge in [-0.15, -0.1) is 12.4 Å². The predicted molar refractivity (Wildman–Crippen MR) is 128 cm³/mol. The van der Waals surface area contributed by atoms with Crippen LogP contribution < -0.4 is 9.64 Å². The predicted octanol–water partition coefficient (Wildman–Crippen LogP) is 4.25. The Morgan fingerprint density at radius 2 is 1.53 bits per heavy atom. The Bertz CT molecular complexity index is 766. The Balaban J connectivity index is 0.00000256. The standard InChI is InChI=1S/C25H35N3O.ClH/c1-21-5-3-4-6-25(21)28-19-17-27(18-20-28)23-12-15-26(16-13-23)14-11-22-7-9-24(29-2)10-8-22;/h3-10,23H,11-20H2,1-2H3;1H. The molecule has 0 N–H and O–H groups in total. The number of anilines is 1. The van der Waals surface area contributed by atoms with Crippen LogP contribution in [0.25, 0.3) is 0 Å². The molecule has 164 valence electrons. The fourth-order valence-corrected chi connectivity index (χ4v) is 4.83. The molecule has 5 heteroatoms. The first-order valence-electron chi connectivity index (χ1n) is 11.1. The summed E-state index contributed by atoms with van der Waals surface area (Å²) in [5.41, 5.74) is 4.21. The zero-order chi connectivity index (χ0) is 20.1. The zero-order valence-corrected chi connectivity index (χ0v) is 19.2. The Kier molecular flexibility index (Phi) is 8.43. The first-order valence-corrected chi connectivity index (χ1v) is 11.1. The van der Waals surface area contributed by atoms with Crippen molar-refractivity contribution in [3.63, 3.8) is 0 Å². The van der Waals surface area contributed by atoms with Crippen molar-refractivity contribution < 1.29 is 4.74 Å². The molecular formula is C25H36ClN3O. The summed E-state index contributed by atoms with van der Waals surface area (Å²) >= 11 is 0. The number of halogens is 1. The van der Waals surface area contributed by atoms with Crippen LogP contribution >= 0.6 is 12.4 Å². The van der Waals surface area contributed by atoms with Crippen LogP contribution in [0.3, 0.4) is 0 Å². The van der Waals surface area contributed by atoms with Gasteiger partial charge in [-0.2, -0.15) is 0 Å². The Morgan fingerprint density at radius 3 is 2.17 bits per heavy atom. The van der Waals surface area contributed by atoms with Crippen molar-refractivity contribution >= 4 is 18.1 Å². The molecule has 0 saturated carbocycles. The summed E-state index contributed by atoms with van der Waals surface area (Å²) in [5.74, 6) is 0.942. The van der Waals surface area contributed by atoms with E-state index in [1.54, 1.807) is 7.11 Å². The van der Waals surface area contributed by atoms with Gasteiger partial charge >= 0.3 is 0 Å². The minimum absolute atomic E-state index is 0. The second-order valence-electron chi connectivity index (χ2n) is 8.48. The number of ether oxygens (including phenoxy) is 1. The maximum atomic E-state index is 5.25. The number of hydrogen-bond acceptors (Lipinski definition) is 4. The lowest BCUT2D eigenvalue weighted by atomic mass is 10.0. The van der Waals surface area contributed by atoms with Crippen LogP contribution in [0.5, 0.6) is 5.75 Å². The highest BCUT2D eigenvalue weighted by molar-refractivity contribution is 5.85. The van der Waals surface area contributed by atoms with Gasteiger partial charge in [-0.1, -0.05) is 30.3 Å². The number of likely N-dealkylation sites (tertiary alicyclic amines) is 1. The molecule has 2 aliphatic rings. The van der Waals surface area contributed by atoms with Gasteiger partial charge in [0.2, 0.25) is 0 Å². The SMILES string of the molecule is COc1ccc(CCN2CCC(N3CCN(c4ccccc4C)CC3)CC2)cc1.Cl. The Morgan fingerprint density at radius 1 is 0.867 bits per heavy atom. The van der Waals surface area contributed by atoms with Crippen LogP contribution in [0.1, 0.15) is 24.0 Å². The molecule has 0 radical (unpaired) electrons. The van der Waals surface area contributed by atoms with E-state index < -0.39 is 0 Å². The summed E-state index contributed by atoms with van der Waals surface area (Å²) in [7, 11) is 1.72. The summed E-state index contributed by atoms with van der Waals surface area (Å²) in [5, 5.41) is 0. The molecule has 0 spiro atoms. The number of nitrogens with zero attached hydrogens (tertiary/aromatic N) is 3. The van der Waals surface area contributed by atoms with E-state index in [-0.39, 0.29) is 12.4 Å². The van der Waals surface area contributed by atoms with E-state index >= 15 is 0 Å². The quantitative estimate of drug-likeness (QED) is 0.683. The summed E-state index contributed by atoms with van der Waals surface area (Å²) in [6, 6.07) is 18.1. The van der Waals surface area contributed by atoms with Gasteiger partial charge in [0.15, 0.2) is 0 Å². The molecule has 0 aliphatic carbocycles. The van der Waals surface area contributed by atoms with Gasteiger partial charge in [0.1, 0.15) is 5.75 Å². The van der Waals surface area contributed by atoms with Crippen LogP contribution in [0.2, 0.25) is 0 Å². The highest BCUT2D eigenvalue weighted by Gasteiger charge is 2.27. The van der Waals surface area contributed by atoms with Crippen molar-refractivity contribution in [2.24, 2.45) is 0 Å². The smallest absolute Gasteiger partial charge is 0.118 e. The van der Waals surface area contributed by atoms with Crippen LogP contribution in [0.4, 0.5) is 5.69 Å². The summed E-state index contributed by atoms with van der Waals surface area (Å²) in [6.45, 7) is 10.6. The molecule has 2 aromatic rings. The van der Waals surface area contributed by atoms with Crippen molar-refractivity contribution in [3.8, 4) is 5.75 Å². The van der Waals surface area contributed by atoms with E-state index in [0.29, 0.717) is 0 Å². The normalized spacial score (nSPS) is 18.8. The van der Waals surface area contributed by atoms with Gasteiger partial charge in [-0.25, -0.2) is 0 Å². The molecule has 4 rings (SSSR count). The molecule has 0 amide bonds. The van der Waals surface area contributed by atoms with E-state index in [1.165, 1.54) is 62.4 Å². The van der Waals surface area contributed by atoms with E-state index in [2.05, 4.69) is 70.2 Å². The lowest BCUT2D eigenvalue weighted by Crippen LogP contribution is -2.53. The summed E-state index contributed by atoms with van der Waals surface area (Å²) in [4.78, 5) is 7.95. The molecule has 0 atom stereocenters. The van der Waals surface area contributed by atoms with Gasteiger partial charge < -0.3 is 14.5 Å². The largest absolute Gasteiger partial charge is 0.497 e. The van der Waals surface area contributed by atoms with E-state index in [9.17, 15) is 0 Å². The number of rotatable bonds is 6. The first kappa shape index (κ1) is 22.9. The van der Waals surface area contributed by atoms with Crippen molar-refractivity contribution in [3.05, 3.63) is 59.7 Å². The van der Waals surface area contributed by atoms with Crippen molar-refractivity contribution in [2.45, 2.75) is 32.2 Å². The second kappa shape index (κ2) is 11.0. The van der Waals surface area contributed by atoms with Crippen LogP contribution in [0, 0.1) is 6.92 Å². The van der Waals surface area contributed by atoms with Gasteiger partial charge in [-0.3, -0.25) is 4.90 Å². The van der Waals surface area contributed by atoms with E-state index in [1.807, 2.05) is 0 Å². The molecule has 30 heavy (non-hydrogen) atoms. The molecular weight excluding hydrogens is 394 g/mol. The highest BCUT2D eigenvalue weighted by Crippen LogP contribution is 2.24. The molecule has 0 aromatic heterocycles. The van der Waals surface area contributed by atoms with E-state index in [4.69, 9.17) is 4.74 Å². The third-order valence-corrected chi connectivity index (χ3v) is 6.72. The number of benzene rings is 2. The van der Waals surface area contributed by atoms with Crippen molar-refractivity contribution in [2.75, 3.05) is 57.8 Å². The number of piperidine rings is 1. The lowest BCUT2D eigenvalue weighted by Gasteiger charge is -2.43. The van der Waals surface area contributed by atoms with E-state index in [0.717, 1.165) is 31.3 Å². The molecule has 0 unspecified atom stereocenters.